The summed E-state index contributed by atoms with van der Waals surface area (Å²) in [6.45, 7) is 12.4. The van der Waals surface area contributed by atoms with Crippen LogP contribution >= 0.6 is 0 Å². The van der Waals surface area contributed by atoms with E-state index in [2.05, 4.69) is 82.1 Å². The summed E-state index contributed by atoms with van der Waals surface area (Å²) in [6.07, 6.45) is 0. The minimum atomic E-state index is -0.416. The van der Waals surface area contributed by atoms with Crippen LogP contribution in [0, 0.1) is 41.5 Å². The van der Waals surface area contributed by atoms with Crippen LogP contribution in [-0.4, -0.2) is 21.4 Å². The van der Waals surface area contributed by atoms with Gasteiger partial charge in [-0.25, -0.2) is 0 Å². The number of aryl methyl sites for hydroxylation is 6. The Bertz CT molecular complexity index is 586. The zero-order valence-electron chi connectivity index (χ0n) is 14.3. The highest BCUT2D eigenvalue weighted by atomic mass is 27.0. The molecule has 0 unspecified atom stereocenters. The first-order valence-electron chi connectivity index (χ1n) is 7.52. The van der Waals surface area contributed by atoms with E-state index in [1.165, 1.54) is 11.1 Å². The fourth-order valence-electron chi connectivity index (χ4n) is 2.96. The van der Waals surface area contributed by atoms with Crippen molar-refractivity contribution in [2.24, 2.45) is 0 Å². The topological polar surface area (TPSA) is 18.5 Å². The Balaban J connectivity index is 2.19. The predicted octanol–water partition coefficient (Wildman–Crippen LogP) is 4.45. The molecule has 2 radical (unpaired) electrons. The van der Waals surface area contributed by atoms with Gasteiger partial charge in [-0.2, -0.15) is 0 Å². The standard InChI is InChI=1S/C19H23O2.Al/c1-12-7-14(3)18(15(4)8-12)20-11-21-19-16(5)9-13(2)10-17(19)6;/h7-11H,1-6H3;. The highest BCUT2D eigenvalue weighted by Crippen LogP contribution is 2.28. The van der Waals surface area contributed by atoms with Crippen molar-refractivity contribution in [3.63, 3.8) is 0 Å². The van der Waals surface area contributed by atoms with Crippen LogP contribution in [0.5, 0.6) is 11.5 Å². The quantitative estimate of drug-likeness (QED) is 0.614. The van der Waals surface area contributed by atoms with Crippen molar-refractivity contribution < 1.29 is 9.47 Å². The second kappa shape index (κ2) is 6.77. The van der Waals surface area contributed by atoms with Gasteiger partial charge < -0.3 is 9.47 Å². The average molecular weight is 310 g/mol. The van der Waals surface area contributed by atoms with Crippen molar-refractivity contribution in [2.75, 3.05) is 0 Å². The van der Waals surface area contributed by atoms with Gasteiger partial charge in [0.1, 0.15) is 16.7 Å². The number of hydrogen-bond acceptors (Lipinski definition) is 2. The maximum absolute atomic E-state index is 6.02. The lowest BCUT2D eigenvalue weighted by Crippen LogP contribution is -2.25. The summed E-state index contributed by atoms with van der Waals surface area (Å²) in [5.41, 5.74) is 7.01. The first-order chi connectivity index (χ1) is 10.3. The van der Waals surface area contributed by atoms with E-state index in [1.807, 2.05) is 0 Å². The normalized spacial score (nSPS) is 10.9. The third kappa shape index (κ3) is 3.85. The molecule has 0 spiro atoms. The lowest BCUT2D eigenvalue weighted by Gasteiger charge is -2.23. The van der Waals surface area contributed by atoms with Gasteiger partial charge in [-0.3, -0.25) is 0 Å². The molecule has 2 aromatic rings. The van der Waals surface area contributed by atoms with Crippen LogP contribution in [0.2, 0.25) is 0 Å². The molecule has 0 aliphatic rings. The Morgan fingerprint density at radius 2 is 0.909 bits per heavy atom. The van der Waals surface area contributed by atoms with E-state index in [9.17, 15) is 0 Å². The number of ether oxygens (including phenoxy) is 2. The molecule has 0 saturated heterocycles. The summed E-state index contributed by atoms with van der Waals surface area (Å²) < 4.78 is 12.0. The van der Waals surface area contributed by atoms with Crippen LogP contribution in [-0.2, 0) is 0 Å². The van der Waals surface area contributed by atoms with Gasteiger partial charge >= 0.3 is 0 Å². The fraction of sp³-hybridized carbons (Fsp3) is 0.368. The Morgan fingerprint density at radius 3 is 1.18 bits per heavy atom. The molecule has 0 bridgehead atoms. The molecule has 0 aliphatic heterocycles. The van der Waals surface area contributed by atoms with Crippen LogP contribution in [0.1, 0.15) is 33.4 Å². The van der Waals surface area contributed by atoms with E-state index in [0.29, 0.717) is 0 Å². The molecule has 2 rings (SSSR count). The number of benzene rings is 2. The zero-order valence-corrected chi connectivity index (χ0v) is 15.4. The molecule has 0 fully saturated rings. The Labute approximate surface area is 141 Å². The number of rotatable bonds is 4. The summed E-state index contributed by atoms with van der Waals surface area (Å²) >= 11 is 2.63. The SMILES string of the molecule is Cc1cc(C)c(O[CH]([Al])Oc2c(C)cc(C)cc2C)c(C)c1. The van der Waals surface area contributed by atoms with Gasteiger partial charge in [0.05, 0.1) is 0 Å². The monoisotopic (exact) mass is 310 g/mol. The van der Waals surface area contributed by atoms with E-state index >= 15 is 0 Å². The molecule has 3 heteroatoms. The molecular formula is C19H23AlO2. The fourth-order valence-corrected chi connectivity index (χ4v) is 3.23. The average Bonchev–Trinajstić information content (AvgIpc) is 2.38. The lowest BCUT2D eigenvalue weighted by molar-refractivity contribution is 0.0741. The molecule has 0 amide bonds. The summed E-state index contributed by atoms with van der Waals surface area (Å²) in [7, 11) is 0. The van der Waals surface area contributed by atoms with Crippen LogP contribution in [0.3, 0.4) is 0 Å². The van der Waals surface area contributed by atoms with Crippen LogP contribution in [0.4, 0.5) is 0 Å². The molecule has 0 aliphatic carbocycles. The molecule has 0 atom stereocenters. The largest absolute Gasteiger partial charge is 0.473 e. The van der Waals surface area contributed by atoms with Crippen molar-refractivity contribution >= 4 is 16.3 Å². The summed E-state index contributed by atoms with van der Waals surface area (Å²) in [5, 5.41) is -0.416. The molecule has 0 heterocycles. The van der Waals surface area contributed by atoms with E-state index in [0.717, 1.165) is 33.8 Å². The molecule has 0 saturated carbocycles. The minimum Gasteiger partial charge on any atom is -0.473 e. The first-order valence-corrected chi connectivity index (χ1v) is 8.19. The maximum Gasteiger partial charge on any atom is 0.266 e. The second-order valence-corrected chi connectivity index (χ2v) is 6.60. The van der Waals surface area contributed by atoms with Gasteiger partial charge in [0.2, 0.25) is 0 Å². The first kappa shape index (κ1) is 16.9. The zero-order chi connectivity index (χ0) is 16.4. The molecule has 0 N–H and O–H groups in total. The predicted molar refractivity (Wildman–Crippen MR) is 92.1 cm³/mol. The van der Waals surface area contributed by atoms with Gasteiger partial charge in [0.25, 0.3) is 16.3 Å². The molecule has 2 nitrogen and oxygen atoms in total. The van der Waals surface area contributed by atoms with Crippen molar-refractivity contribution in [1.82, 2.24) is 0 Å². The van der Waals surface area contributed by atoms with Crippen LogP contribution < -0.4 is 9.47 Å². The maximum atomic E-state index is 6.02. The smallest absolute Gasteiger partial charge is 0.266 e. The van der Waals surface area contributed by atoms with Crippen molar-refractivity contribution in [3.05, 3.63) is 57.6 Å². The highest BCUT2D eigenvalue weighted by molar-refractivity contribution is 6.10. The van der Waals surface area contributed by atoms with Gasteiger partial charge in [-0.1, -0.05) is 35.4 Å². The minimum absolute atomic E-state index is 0.416. The summed E-state index contributed by atoms with van der Waals surface area (Å²) in [6, 6.07) is 8.51. The van der Waals surface area contributed by atoms with Gasteiger partial charge in [0, 0.05) is 0 Å². The number of hydrogen-bond donors (Lipinski definition) is 0. The van der Waals surface area contributed by atoms with Crippen molar-refractivity contribution in [3.8, 4) is 11.5 Å². The van der Waals surface area contributed by atoms with Crippen molar-refractivity contribution in [1.29, 1.82) is 0 Å². The van der Waals surface area contributed by atoms with E-state index < -0.39 is 5.15 Å². The molecule has 2 aromatic carbocycles. The van der Waals surface area contributed by atoms with Crippen LogP contribution in [0.15, 0.2) is 24.3 Å². The van der Waals surface area contributed by atoms with Gasteiger partial charge in [-0.05, 0) is 63.8 Å². The Kier molecular flexibility index (Phi) is 5.21. The second-order valence-electron chi connectivity index (χ2n) is 6.06. The van der Waals surface area contributed by atoms with Gasteiger partial charge in [-0.15, -0.1) is 0 Å². The highest BCUT2D eigenvalue weighted by Gasteiger charge is 2.13. The van der Waals surface area contributed by atoms with E-state index in [4.69, 9.17) is 9.47 Å². The Morgan fingerprint density at radius 1 is 0.636 bits per heavy atom. The van der Waals surface area contributed by atoms with Crippen molar-refractivity contribution in [2.45, 2.75) is 46.7 Å². The Hall–Kier alpha value is -1.43. The molecular weight excluding hydrogens is 287 g/mol. The van der Waals surface area contributed by atoms with Crippen LogP contribution in [0.25, 0.3) is 0 Å². The molecule has 22 heavy (non-hydrogen) atoms. The summed E-state index contributed by atoms with van der Waals surface area (Å²) in [5.74, 6) is 1.79. The molecule has 114 valence electrons. The molecule has 0 aromatic heterocycles. The van der Waals surface area contributed by atoms with Gasteiger partial charge in [0.15, 0.2) is 0 Å². The summed E-state index contributed by atoms with van der Waals surface area (Å²) in [4.78, 5) is 0. The van der Waals surface area contributed by atoms with E-state index in [1.54, 1.807) is 0 Å². The third-order valence-electron chi connectivity index (χ3n) is 3.68. The van der Waals surface area contributed by atoms with E-state index in [-0.39, 0.29) is 0 Å². The third-order valence-corrected chi connectivity index (χ3v) is 3.95. The lowest BCUT2D eigenvalue weighted by atomic mass is 10.1.